The highest BCUT2D eigenvalue weighted by Gasteiger charge is 2.32. The van der Waals surface area contributed by atoms with Gasteiger partial charge in [-0.25, -0.2) is 18.4 Å². The minimum atomic E-state index is -4.84. The number of fused-ring (bicyclic) bond motifs is 1. The highest BCUT2D eigenvalue weighted by atomic mass is 32.2. The number of allylic oxidation sites excluding steroid dienone is 1. The van der Waals surface area contributed by atoms with E-state index in [2.05, 4.69) is 20.3 Å². The molecule has 0 radical (unpaired) electrons. The fraction of sp³-hybridized carbons (Fsp3) is 0.222. The molecule has 0 aromatic carbocycles. The zero-order valence-corrected chi connectivity index (χ0v) is 18.6. The summed E-state index contributed by atoms with van der Waals surface area (Å²) in [7, 11) is -3.90. The standard InChI is InChI=1S/C18H14F6N6O2S2/c1-2-34(31,32)12-5-10(26-4-3-13(25)17(19,20)21)7-27-16(12)11-8-30-9-28-15(6-14(30)29-11)33-18(22,23)24/h3-9,25-26H,2H2,1H3/b4-3-,25-13?. The Labute approximate surface area is 192 Å². The lowest BCUT2D eigenvalue weighted by Gasteiger charge is -2.09. The maximum absolute atomic E-state index is 12.6. The molecule has 0 saturated carbocycles. The molecule has 0 aliphatic carbocycles. The monoisotopic (exact) mass is 524 g/mol. The van der Waals surface area contributed by atoms with Crippen LogP contribution in [0.2, 0.25) is 0 Å². The van der Waals surface area contributed by atoms with E-state index in [-0.39, 0.29) is 38.4 Å². The quantitative estimate of drug-likeness (QED) is 0.199. The van der Waals surface area contributed by atoms with Crippen molar-refractivity contribution in [3.63, 3.8) is 0 Å². The van der Waals surface area contributed by atoms with Gasteiger partial charge in [-0.15, -0.1) is 0 Å². The minimum Gasteiger partial charge on any atom is -0.360 e. The molecule has 0 bridgehead atoms. The number of anilines is 1. The number of aromatic nitrogens is 4. The molecule has 0 unspecified atom stereocenters. The predicted octanol–water partition coefficient (Wildman–Crippen LogP) is 4.70. The first-order chi connectivity index (χ1) is 15.7. The van der Waals surface area contributed by atoms with E-state index >= 15 is 0 Å². The molecule has 0 amide bonds. The Hall–Kier alpha value is -3.14. The number of thioether (sulfide) groups is 1. The summed E-state index contributed by atoms with van der Waals surface area (Å²) in [5, 5.41) is 8.96. The molecule has 0 aliphatic heterocycles. The van der Waals surface area contributed by atoms with Gasteiger partial charge in [-0.1, -0.05) is 6.92 Å². The number of sulfone groups is 1. The molecule has 3 aromatic rings. The Morgan fingerprint density at radius 1 is 1.21 bits per heavy atom. The van der Waals surface area contributed by atoms with E-state index in [1.165, 1.54) is 17.5 Å². The van der Waals surface area contributed by atoms with Crippen molar-refractivity contribution in [3.8, 4) is 11.4 Å². The highest BCUT2D eigenvalue weighted by molar-refractivity contribution is 8.00. The predicted molar refractivity (Wildman–Crippen MR) is 112 cm³/mol. The summed E-state index contributed by atoms with van der Waals surface area (Å²) in [5.74, 6) is -0.332. The molecule has 0 aliphatic rings. The summed E-state index contributed by atoms with van der Waals surface area (Å²) in [6.45, 7) is 1.37. The molecule has 0 saturated heterocycles. The number of rotatable bonds is 7. The van der Waals surface area contributed by atoms with Crippen molar-refractivity contribution < 1.29 is 34.8 Å². The van der Waals surface area contributed by atoms with Crippen molar-refractivity contribution in [3.05, 3.63) is 43.1 Å². The van der Waals surface area contributed by atoms with Crippen LogP contribution in [0.25, 0.3) is 17.0 Å². The van der Waals surface area contributed by atoms with Gasteiger partial charge < -0.3 is 5.32 Å². The smallest absolute Gasteiger partial charge is 0.360 e. The van der Waals surface area contributed by atoms with E-state index in [0.29, 0.717) is 6.08 Å². The molecular formula is C18H14F6N6O2S2. The Balaban J connectivity index is 2.00. The summed E-state index contributed by atoms with van der Waals surface area (Å²) in [6.07, 6.45) is -0.0195. The zero-order valence-electron chi connectivity index (χ0n) is 16.9. The number of halogens is 6. The molecule has 3 rings (SSSR count). The van der Waals surface area contributed by atoms with Crippen LogP contribution in [-0.4, -0.2) is 50.9 Å². The number of alkyl halides is 6. The van der Waals surface area contributed by atoms with E-state index in [1.807, 2.05) is 0 Å². The van der Waals surface area contributed by atoms with Crippen molar-refractivity contribution in [2.24, 2.45) is 0 Å². The van der Waals surface area contributed by atoms with Crippen LogP contribution in [0.15, 0.2) is 53.1 Å². The van der Waals surface area contributed by atoms with Crippen molar-refractivity contribution in [1.29, 1.82) is 5.41 Å². The fourth-order valence-corrected chi connectivity index (χ4v) is 4.16. The van der Waals surface area contributed by atoms with Crippen LogP contribution in [0, 0.1) is 5.41 Å². The normalized spacial score (nSPS) is 13.0. The Kier molecular flexibility index (Phi) is 6.93. The SMILES string of the molecule is CCS(=O)(=O)c1cc(N/C=C\C(=N)C(F)(F)F)cnc1-c1cn2cnc(SC(F)(F)F)cc2n1. The van der Waals surface area contributed by atoms with Crippen molar-refractivity contribution in [2.75, 3.05) is 11.1 Å². The summed E-state index contributed by atoms with van der Waals surface area (Å²) in [5.41, 5.74) is -6.16. The maximum atomic E-state index is 12.6. The third-order valence-electron chi connectivity index (χ3n) is 4.16. The second-order valence-electron chi connectivity index (χ2n) is 6.53. The number of hydrogen-bond donors (Lipinski definition) is 2. The topological polar surface area (TPSA) is 113 Å². The zero-order chi connectivity index (χ0) is 25.3. The first-order valence-corrected chi connectivity index (χ1v) is 11.6. The minimum absolute atomic E-state index is 0.0243. The van der Waals surface area contributed by atoms with Gasteiger partial charge in [-0.2, -0.15) is 26.3 Å². The largest absolute Gasteiger partial charge is 0.447 e. The van der Waals surface area contributed by atoms with Crippen LogP contribution in [-0.2, 0) is 9.84 Å². The van der Waals surface area contributed by atoms with Crippen LogP contribution < -0.4 is 5.32 Å². The van der Waals surface area contributed by atoms with Gasteiger partial charge in [0.2, 0.25) is 0 Å². The van der Waals surface area contributed by atoms with Crippen LogP contribution in [0.4, 0.5) is 32.0 Å². The maximum Gasteiger partial charge on any atom is 0.447 e. The van der Waals surface area contributed by atoms with E-state index in [0.717, 1.165) is 30.9 Å². The molecule has 0 atom stereocenters. The van der Waals surface area contributed by atoms with Gasteiger partial charge in [0.15, 0.2) is 9.84 Å². The Morgan fingerprint density at radius 3 is 2.53 bits per heavy atom. The lowest BCUT2D eigenvalue weighted by Crippen LogP contribution is -2.19. The molecule has 182 valence electrons. The van der Waals surface area contributed by atoms with Crippen LogP contribution in [0.1, 0.15) is 6.92 Å². The Bertz CT molecular complexity index is 1370. The van der Waals surface area contributed by atoms with Crippen LogP contribution in [0.3, 0.4) is 0 Å². The fourth-order valence-electron chi connectivity index (χ4n) is 2.59. The number of imidazole rings is 1. The number of hydrogen-bond acceptors (Lipinski definition) is 8. The molecule has 16 heteroatoms. The van der Waals surface area contributed by atoms with E-state index < -0.39 is 39.0 Å². The lowest BCUT2D eigenvalue weighted by molar-refractivity contribution is -0.0584. The van der Waals surface area contributed by atoms with Crippen molar-refractivity contribution in [2.45, 2.75) is 28.5 Å². The summed E-state index contributed by atoms with van der Waals surface area (Å²) < 4.78 is 102. The lowest BCUT2D eigenvalue weighted by atomic mass is 10.2. The van der Waals surface area contributed by atoms with Crippen molar-refractivity contribution in [1.82, 2.24) is 19.4 Å². The second kappa shape index (κ2) is 9.25. The van der Waals surface area contributed by atoms with Crippen molar-refractivity contribution >= 4 is 38.6 Å². The summed E-state index contributed by atoms with van der Waals surface area (Å²) in [4.78, 5) is 11.6. The van der Waals surface area contributed by atoms with Crippen LogP contribution >= 0.6 is 11.8 Å². The van der Waals surface area contributed by atoms with Gasteiger partial charge in [0, 0.05) is 30.2 Å². The van der Waals surface area contributed by atoms with Gasteiger partial charge in [0.25, 0.3) is 0 Å². The van der Waals surface area contributed by atoms with Gasteiger partial charge in [-0.05, 0) is 12.1 Å². The first-order valence-electron chi connectivity index (χ1n) is 9.12. The number of nitrogens with zero attached hydrogens (tertiary/aromatic N) is 4. The molecule has 0 fully saturated rings. The van der Waals surface area contributed by atoms with E-state index in [9.17, 15) is 34.8 Å². The summed E-state index contributed by atoms with van der Waals surface area (Å²) in [6, 6.07) is 2.21. The third kappa shape index (κ3) is 6.05. The second-order valence-corrected chi connectivity index (χ2v) is 9.86. The van der Waals surface area contributed by atoms with Gasteiger partial charge >= 0.3 is 11.7 Å². The third-order valence-corrected chi connectivity index (χ3v) is 6.56. The molecular weight excluding hydrogens is 510 g/mol. The Morgan fingerprint density at radius 2 is 1.91 bits per heavy atom. The van der Waals surface area contributed by atoms with E-state index in [1.54, 1.807) is 0 Å². The number of nitrogens with one attached hydrogen (secondary N) is 2. The van der Waals surface area contributed by atoms with Crippen LogP contribution in [0.5, 0.6) is 0 Å². The molecule has 8 nitrogen and oxygen atoms in total. The van der Waals surface area contributed by atoms with E-state index in [4.69, 9.17) is 5.41 Å². The average molecular weight is 524 g/mol. The van der Waals surface area contributed by atoms with Gasteiger partial charge in [0.05, 0.1) is 22.5 Å². The molecule has 2 N–H and O–H groups in total. The molecule has 0 spiro atoms. The van der Waals surface area contributed by atoms with Gasteiger partial charge in [-0.3, -0.25) is 14.8 Å². The molecule has 3 aromatic heterocycles. The average Bonchev–Trinajstić information content (AvgIpc) is 3.15. The summed E-state index contributed by atoms with van der Waals surface area (Å²) >= 11 is -0.431. The molecule has 34 heavy (non-hydrogen) atoms. The first kappa shape index (κ1) is 25.5. The van der Waals surface area contributed by atoms with Gasteiger partial charge in [0.1, 0.15) is 34.1 Å². The number of pyridine rings is 1. The highest BCUT2D eigenvalue weighted by Crippen LogP contribution is 2.36. The molecule has 3 heterocycles.